The number of anilines is 1. The summed E-state index contributed by atoms with van der Waals surface area (Å²) in [4.78, 5) is 23.5. The molecule has 2 aromatic rings. The summed E-state index contributed by atoms with van der Waals surface area (Å²) < 4.78 is 10.1. The van der Waals surface area contributed by atoms with Crippen molar-refractivity contribution in [3.63, 3.8) is 0 Å². The lowest BCUT2D eigenvalue weighted by molar-refractivity contribution is -0.142. The number of benzene rings is 2. The maximum absolute atomic E-state index is 11.8. The summed E-state index contributed by atoms with van der Waals surface area (Å²) in [5.41, 5.74) is 2.16. The number of carbonyl (C=O) groups excluding carboxylic acids is 2. The standard InChI is InChI=1S/C20H18N2O4/c1-25-18-5-3-2-4-16(18)8-11-20(24)26-14-19(23)22-17-9-6-15(7-10-17)12-13-21/h2-11H,12,14H2,1H3,(H,22,23)/b11-8+. The summed E-state index contributed by atoms with van der Waals surface area (Å²) in [5, 5.41) is 11.2. The molecule has 2 rings (SSSR count). The molecule has 0 bridgehead atoms. The molecule has 6 nitrogen and oxygen atoms in total. The van der Waals surface area contributed by atoms with Crippen LogP contribution < -0.4 is 10.1 Å². The molecular weight excluding hydrogens is 332 g/mol. The van der Waals surface area contributed by atoms with Crippen LogP contribution in [0.25, 0.3) is 6.08 Å². The van der Waals surface area contributed by atoms with Crippen LogP contribution in [-0.4, -0.2) is 25.6 Å². The van der Waals surface area contributed by atoms with Gasteiger partial charge < -0.3 is 14.8 Å². The van der Waals surface area contributed by atoms with E-state index in [0.29, 0.717) is 17.9 Å². The number of amides is 1. The van der Waals surface area contributed by atoms with Crippen LogP contribution in [0.5, 0.6) is 5.75 Å². The van der Waals surface area contributed by atoms with Crippen LogP contribution >= 0.6 is 0 Å². The minimum Gasteiger partial charge on any atom is -0.496 e. The second kappa shape index (κ2) is 9.64. The van der Waals surface area contributed by atoms with Gasteiger partial charge in [-0.05, 0) is 29.8 Å². The number of nitrogens with zero attached hydrogens (tertiary/aromatic N) is 1. The largest absolute Gasteiger partial charge is 0.496 e. The first kappa shape index (κ1) is 18.7. The fourth-order valence-corrected chi connectivity index (χ4v) is 2.14. The maximum Gasteiger partial charge on any atom is 0.331 e. The molecule has 0 aliphatic rings. The number of para-hydroxylation sites is 1. The molecule has 0 saturated heterocycles. The highest BCUT2D eigenvalue weighted by Gasteiger charge is 2.06. The van der Waals surface area contributed by atoms with Crippen molar-refractivity contribution >= 4 is 23.6 Å². The zero-order chi connectivity index (χ0) is 18.8. The molecule has 0 radical (unpaired) electrons. The van der Waals surface area contributed by atoms with Gasteiger partial charge in [-0.3, -0.25) is 4.79 Å². The number of rotatable bonds is 7. The molecular formula is C20H18N2O4. The Bertz CT molecular complexity index is 836. The highest BCUT2D eigenvalue weighted by molar-refractivity contribution is 5.94. The van der Waals surface area contributed by atoms with Crippen molar-refractivity contribution in [3.05, 3.63) is 65.7 Å². The Labute approximate surface area is 151 Å². The van der Waals surface area contributed by atoms with Gasteiger partial charge in [-0.15, -0.1) is 0 Å². The number of hydrogen-bond acceptors (Lipinski definition) is 5. The van der Waals surface area contributed by atoms with Crippen LogP contribution in [0.4, 0.5) is 5.69 Å². The predicted molar refractivity (Wildman–Crippen MR) is 97.4 cm³/mol. The average molecular weight is 350 g/mol. The molecule has 132 valence electrons. The van der Waals surface area contributed by atoms with Gasteiger partial charge in [0.15, 0.2) is 6.61 Å². The molecule has 26 heavy (non-hydrogen) atoms. The van der Waals surface area contributed by atoms with E-state index < -0.39 is 18.5 Å². The van der Waals surface area contributed by atoms with Crippen LogP contribution in [0.1, 0.15) is 11.1 Å². The quantitative estimate of drug-likeness (QED) is 0.613. The third kappa shape index (κ3) is 5.80. The fourth-order valence-electron chi connectivity index (χ4n) is 2.14. The lowest BCUT2D eigenvalue weighted by atomic mass is 10.1. The minimum absolute atomic E-state index is 0.310. The number of hydrogen-bond donors (Lipinski definition) is 1. The Morgan fingerprint density at radius 1 is 1.15 bits per heavy atom. The molecule has 0 heterocycles. The van der Waals surface area contributed by atoms with Crippen molar-refractivity contribution in [2.24, 2.45) is 0 Å². The van der Waals surface area contributed by atoms with Crippen molar-refractivity contribution in [3.8, 4) is 11.8 Å². The first-order valence-corrected chi connectivity index (χ1v) is 7.86. The lowest BCUT2D eigenvalue weighted by Crippen LogP contribution is -2.20. The Balaban J connectivity index is 1.82. The van der Waals surface area contributed by atoms with Gasteiger partial charge in [0.1, 0.15) is 5.75 Å². The molecule has 2 aromatic carbocycles. The molecule has 0 aliphatic carbocycles. The summed E-state index contributed by atoms with van der Waals surface area (Å²) in [7, 11) is 1.54. The second-order valence-electron chi connectivity index (χ2n) is 5.26. The summed E-state index contributed by atoms with van der Waals surface area (Å²) in [6.45, 7) is -0.394. The second-order valence-corrected chi connectivity index (χ2v) is 5.26. The van der Waals surface area contributed by atoms with Crippen molar-refractivity contribution in [1.82, 2.24) is 0 Å². The van der Waals surface area contributed by atoms with E-state index in [1.165, 1.54) is 6.08 Å². The Hall–Kier alpha value is -3.59. The van der Waals surface area contributed by atoms with Crippen molar-refractivity contribution in [2.45, 2.75) is 6.42 Å². The zero-order valence-electron chi connectivity index (χ0n) is 14.3. The van der Waals surface area contributed by atoms with E-state index in [9.17, 15) is 9.59 Å². The number of carbonyl (C=O) groups is 2. The Morgan fingerprint density at radius 2 is 1.88 bits per heavy atom. The molecule has 1 N–H and O–H groups in total. The minimum atomic E-state index is -0.629. The van der Waals surface area contributed by atoms with Crippen molar-refractivity contribution in [2.75, 3.05) is 19.0 Å². The molecule has 6 heteroatoms. The van der Waals surface area contributed by atoms with Gasteiger partial charge in [0, 0.05) is 17.3 Å². The van der Waals surface area contributed by atoms with E-state index in [4.69, 9.17) is 14.7 Å². The Kier molecular flexibility index (Phi) is 6.95. The number of nitrogens with one attached hydrogen (secondary N) is 1. The van der Waals surface area contributed by atoms with E-state index in [0.717, 1.165) is 11.1 Å². The van der Waals surface area contributed by atoms with Crippen molar-refractivity contribution in [1.29, 1.82) is 5.26 Å². The zero-order valence-corrected chi connectivity index (χ0v) is 14.3. The highest BCUT2D eigenvalue weighted by Crippen LogP contribution is 2.18. The average Bonchev–Trinajstić information content (AvgIpc) is 2.66. The van der Waals surface area contributed by atoms with Gasteiger partial charge in [0.2, 0.25) is 0 Å². The molecule has 0 saturated carbocycles. The van der Waals surface area contributed by atoms with E-state index >= 15 is 0 Å². The van der Waals surface area contributed by atoms with Crippen molar-refractivity contribution < 1.29 is 19.1 Å². The molecule has 0 aliphatic heterocycles. The van der Waals surface area contributed by atoms with Gasteiger partial charge in [-0.1, -0.05) is 30.3 Å². The normalized spacial score (nSPS) is 10.2. The topological polar surface area (TPSA) is 88.4 Å². The summed E-state index contributed by atoms with van der Waals surface area (Å²) in [5.74, 6) is -0.443. The van der Waals surface area contributed by atoms with Gasteiger partial charge in [0.05, 0.1) is 19.6 Å². The molecule has 0 aromatic heterocycles. The summed E-state index contributed by atoms with van der Waals surface area (Å²) in [6, 6.07) is 16.1. The number of esters is 1. The summed E-state index contributed by atoms with van der Waals surface area (Å²) >= 11 is 0. The van der Waals surface area contributed by atoms with Gasteiger partial charge in [-0.2, -0.15) is 5.26 Å². The van der Waals surface area contributed by atoms with Crippen LogP contribution in [0.15, 0.2) is 54.6 Å². The monoisotopic (exact) mass is 350 g/mol. The van der Waals surface area contributed by atoms with Crippen LogP contribution in [0, 0.1) is 11.3 Å². The molecule has 0 spiro atoms. The highest BCUT2D eigenvalue weighted by atomic mass is 16.5. The molecule has 1 amide bonds. The third-order valence-electron chi connectivity index (χ3n) is 3.40. The summed E-state index contributed by atoms with van der Waals surface area (Å²) in [6.07, 6.45) is 3.11. The van der Waals surface area contributed by atoms with Crippen LogP contribution in [0.2, 0.25) is 0 Å². The third-order valence-corrected chi connectivity index (χ3v) is 3.40. The number of methoxy groups -OCH3 is 1. The first-order valence-electron chi connectivity index (χ1n) is 7.86. The van der Waals surface area contributed by atoms with Crippen LogP contribution in [-0.2, 0) is 20.7 Å². The predicted octanol–water partition coefficient (Wildman–Crippen LogP) is 2.96. The number of ether oxygens (including phenoxy) is 2. The van der Waals surface area contributed by atoms with Crippen LogP contribution in [0.3, 0.4) is 0 Å². The Morgan fingerprint density at radius 3 is 2.58 bits per heavy atom. The van der Waals surface area contributed by atoms with Gasteiger partial charge in [-0.25, -0.2) is 4.79 Å². The first-order chi connectivity index (χ1) is 12.6. The smallest absolute Gasteiger partial charge is 0.331 e. The SMILES string of the molecule is COc1ccccc1/C=C/C(=O)OCC(=O)Nc1ccc(CC#N)cc1. The van der Waals surface area contributed by atoms with Gasteiger partial charge >= 0.3 is 5.97 Å². The maximum atomic E-state index is 11.8. The van der Waals surface area contributed by atoms with E-state index in [-0.39, 0.29) is 0 Å². The van der Waals surface area contributed by atoms with E-state index in [2.05, 4.69) is 5.32 Å². The fraction of sp³-hybridized carbons (Fsp3) is 0.150. The van der Waals surface area contributed by atoms with E-state index in [1.54, 1.807) is 49.6 Å². The lowest BCUT2D eigenvalue weighted by Gasteiger charge is -2.06. The van der Waals surface area contributed by atoms with E-state index in [1.807, 2.05) is 18.2 Å². The molecule has 0 unspecified atom stereocenters. The molecule has 0 fully saturated rings. The van der Waals surface area contributed by atoms with Gasteiger partial charge in [0.25, 0.3) is 5.91 Å². The number of nitriles is 1. The molecule has 0 atom stereocenters.